The van der Waals surface area contributed by atoms with Crippen LogP contribution in [0, 0.1) is 11.8 Å². The van der Waals surface area contributed by atoms with Crippen molar-refractivity contribution >= 4 is 0 Å². The zero-order valence-electron chi connectivity index (χ0n) is 7.89. The first-order valence-electron chi connectivity index (χ1n) is 4.89. The second kappa shape index (κ2) is 4.20. The average Bonchev–Trinajstić information content (AvgIpc) is 1.97. The van der Waals surface area contributed by atoms with Crippen LogP contribution in [-0.4, -0.2) is 12.3 Å². The maximum Gasteiger partial charge on any atom is 0.106 e. The van der Waals surface area contributed by atoms with Gasteiger partial charge in [0.1, 0.15) is 12.3 Å². The van der Waals surface area contributed by atoms with Crippen molar-refractivity contribution in [2.45, 2.75) is 51.9 Å². The summed E-state index contributed by atoms with van der Waals surface area (Å²) in [5.74, 6) is 0.0864. The summed E-state index contributed by atoms with van der Waals surface area (Å²) >= 11 is 0. The predicted octanol–water partition coefficient (Wildman–Crippen LogP) is 3.51. The molecule has 1 rings (SSSR count). The van der Waals surface area contributed by atoms with Gasteiger partial charge in [0.2, 0.25) is 0 Å². The lowest BCUT2D eigenvalue weighted by molar-refractivity contribution is 0.0615. The third kappa shape index (κ3) is 2.43. The molecule has 0 N–H and O–H groups in total. The van der Waals surface area contributed by atoms with E-state index in [1.165, 1.54) is 0 Å². The zero-order valence-corrected chi connectivity index (χ0v) is 7.89. The molecule has 1 fully saturated rings. The molecule has 0 aromatic heterocycles. The summed E-state index contributed by atoms with van der Waals surface area (Å²) in [6.45, 7) is 4.04. The van der Waals surface area contributed by atoms with Crippen molar-refractivity contribution in [3.8, 4) is 0 Å². The van der Waals surface area contributed by atoms with E-state index in [-0.39, 0.29) is 5.92 Å². The molecule has 0 heterocycles. The Morgan fingerprint density at radius 3 is 2.08 bits per heavy atom. The Hall–Kier alpha value is -0.140. The summed E-state index contributed by atoms with van der Waals surface area (Å²) in [6.07, 6.45) is 0.766. The summed E-state index contributed by atoms with van der Waals surface area (Å²) in [5.41, 5.74) is 0. The molecule has 1 aliphatic rings. The Balaban J connectivity index is 2.45. The molecule has 0 spiro atoms. The number of halogens is 2. The van der Waals surface area contributed by atoms with Crippen LogP contribution in [-0.2, 0) is 0 Å². The van der Waals surface area contributed by atoms with E-state index in [1.807, 2.05) is 13.8 Å². The van der Waals surface area contributed by atoms with Gasteiger partial charge in [-0.2, -0.15) is 0 Å². The normalized spacial score (nSPS) is 37.2. The second-order valence-electron chi connectivity index (χ2n) is 4.26. The minimum absolute atomic E-state index is 0.321. The van der Waals surface area contributed by atoms with Crippen LogP contribution in [0.2, 0.25) is 0 Å². The third-order valence-corrected chi connectivity index (χ3v) is 2.63. The maximum atomic E-state index is 13.2. The van der Waals surface area contributed by atoms with E-state index in [0.29, 0.717) is 25.2 Å². The van der Waals surface area contributed by atoms with Gasteiger partial charge in [-0.1, -0.05) is 13.8 Å². The molecule has 1 saturated carbocycles. The molecule has 0 saturated heterocycles. The van der Waals surface area contributed by atoms with Crippen molar-refractivity contribution < 1.29 is 8.78 Å². The molecular formula is C10H18F2. The SMILES string of the molecule is CC(C)CC1C(F)CCCC1F. The third-order valence-electron chi connectivity index (χ3n) is 2.63. The van der Waals surface area contributed by atoms with E-state index in [4.69, 9.17) is 0 Å². The molecule has 12 heavy (non-hydrogen) atoms. The lowest BCUT2D eigenvalue weighted by atomic mass is 9.81. The monoisotopic (exact) mass is 176 g/mol. The standard InChI is InChI=1S/C10H18F2/c1-7(2)6-8-9(11)4-3-5-10(8)12/h7-10H,3-6H2,1-2H3. The maximum absolute atomic E-state index is 13.2. The van der Waals surface area contributed by atoms with Crippen LogP contribution in [0.1, 0.15) is 39.5 Å². The van der Waals surface area contributed by atoms with E-state index < -0.39 is 12.3 Å². The summed E-state index contributed by atoms with van der Waals surface area (Å²) in [7, 11) is 0. The van der Waals surface area contributed by atoms with Gasteiger partial charge in [-0.05, 0) is 31.6 Å². The molecule has 2 unspecified atom stereocenters. The molecule has 0 radical (unpaired) electrons. The topological polar surface area (TPSA) is 0 Å². The Bertz CT molecular complexity index is 124. The molecule has 0 aliphatic heterocycles. The molecular weight excluding hydrogens is 158 g/mol. The number of rotatable bonds is 2. The van der Waals surface area contributed by atoms with Crippen molar-refractivity contribution in [3.63, 3.8) is 0 Å². The van der Waals surface area contributed by atoms with Crippen LogP contribution in [0.4, 0.5) is 8.78 Å². The highest BCUT2D eigenvalue weighted by Gasteiger charge is 2.33. The van der Waals surface area contributed by atoms with E-state index in [9.17, 15) is 8.78 Å². The van der Waals surface area contributed by atoms with Crippen LogP contribution in [0.5, 0.6) is 0 Å². The fourth-order valence-electron chi connectivity index (χ4n) is 2.00. The molecule has 0 aromatic rings. The minimum Gasteiger partial charge on any atom is -0.247 e. The van der Waals surface area contributed by atoms with Crippen LogP contribution < -0.4 is 0 Å². The molecule has 2 atom stereocenters. The van der Waals surface area contributed by atoms with Gasteiger partial charge in [-0.3, -0.25) is 0 Å². The average molecular weight is 176 g/mol. The smallest absolute Gasteiger partial charge is 0.106 e. The van der Waals surface area contributed by atoms with Crippen molar-refractivity contribution in [3.05, 3.63) is 0 Å². The molecule has 0 nitrogen and oxygen atoms in total. The fourth-order valence-corrected chi connectivity index (χ4v) is 2.00. The summed E-state index contributed by atoms with van der Waals surface area (Å²) < 4.78 is 26.4. The molecule has 72 valence electrons. The fraction of sp³-hybridized carbons (Fsp3) is 1.00. The lowest BCUT2D eigenvalue weighted by Gasteiger charge is -2.30. The van der Waals surface area contributed by atoms with Gasteiger partial charge in [0.15, 0.2) is 0 Å². The Kier molecular flexibility index (Phi) is 3.48. The van der Waals surface area contributed by atoms with Gasteiger partial charge in [0.05, 0.1) is 0 Å². The largest absolute Gasteiger partial charge is 0.247 e. The summed E-state index contributed by atoms with van der Waals surface area (Å²) in [5, 5.41) is 0. The summed E-state index contributed by atoms with van der Waals surface area (Å²) in [6, 6.07) is 0. The van der Waals surface area contributed by atoms with Crippen molar-refractivity contribution in [1.29, 1.82) is 0 Å². The second-order valence-corrected chi connectivity index (χ2v) is 4.26. The Morgan fingerprint density at radius 2 is 1.67 bits per heavy atom. The van der Waals surface area contributed by atoms with Crippen LogP contribution >= 0.6 is 0 Å². The number of alkyl halides is 2. The van der Waals surface area contributed by atoms with Crippen molar-refractivity contribution in [2.24, 2.45) is 11.8 Å². The van der Waals surface area contributed by atoms with Gasteiger partial charge >= 0.3 is 0 Å². The number of hydrogen-bond acceptors (Lipinski definition) is 0. The number of hydrogen-bond donors (Lipinski definition) is 0. The highest BCUT2D eigenvalue weighted by molar-refractivity contribution is 4.82. The van der Waals surface area contributed by atoms with Gasteiger partial charge in [-0.25, -0.2) is 8.78 Å². The Morgan fingerprint density at radius 1 is 1.17 bits per heavy atom. The van der Waals surface area contributed by atoms with Gasteiger partial charge in [0.25, 0.3) is 0 Å². The first-order valence-corrected chi connectivity index (χ1v) is 4.89. The van der Waals surface area contributed by atoms with E-state index in [0.717, 1.165) is 6.42 Å². The van der Waals surface area contributed by atoms with Crippen LogP contribution in [0.25, 0.3) is 0 Å². The van der Waals surface area contributed by atoms with Gasteiger partial charge in [0, 0.05) is 5.92 Å². The van der Waals surface area contributed by atoms with E-state index in [2.05, 4.69) is 0 Å². The van der Waals surface area contributed by atoms with Crippen molar-refractivity contribution in [2.75, 3.05) is 0 Å². The molecule has 0 bridgehead atoms. The first kappa shape index (κ1) is 9.94. The molecule has 0 aromatic carbocycles. The molecule has 0 amide bonds. The van der Waals surface area contributed by atoms with Gasteiger partial charge in [-0.15, -0.1) is 0 Å². The zero-order chi connectivity index (χ0) is 9.14. The first-order chi connectivity index (χ1) is 5.61. The molecule has 1 aliphatic carbocycles. The van der Waals surface area contributed by atoms with Crippen molar-refractivity contribution in [1.82, 2.24) is 0 Å². The van der Waals surface area contributed by atoms with Gasteiger partial charge < -0.3 is 0 Å². The van der Waals surface area contributed by atoms with E-state index in [1.54, 1.807) is 0 Å². The summed E-state index contributed by atoms with van der Waals surface area (Å²) in [4.78, 5) is 0. The Labute approximate surface area is 73.3 Å². The van der Waals surface area contributed by atoms with E-state index >= 15 is 0 Å². The molecule has 2 heteroatoms. The van der Waals surface area contributed by atoms with Crippen LogP contribution in [0.3, 0.4) is 0 Å². The minimum atomic E-state index is -0.892. The quantitative estimate of drug-likeness (QED) is 0.604. The lowest BCUT2D eigenvalue weighted by Crippen LogP contribution is -2.31. The highest BCUT2D eigenvalue weighted by atomic mass is 19.1. The predicted molar refractivity (Wildman–Crippen MR) is 46.6 cm³/mol. The van der Waals surface area contributed by atoms with Crippen LogP contribution in [0.15, 0.2) is 0 Å². The highest BCUT2D eigenvalue weighted by Crippen LogP contribution is 2.33.